The Bertz CT molecular complexity index is 404. The molecule has 0 atom stereocenters. The lowest BCUT2D eigenvalue weighted by Gasteiger charge is -2.20. The van der Waals surface area contributed by atoms with Gasteiger partial charge < -0.3 is 5.32 Å². The number of azide groups is 1. The van der Waals surface area contributed by atoms with Crippen LogP contribution in [0, 0.1) is 0 Å². The Hall–Kier alpha value is -1.59. The van der Waals surface area contributed by atoms with Crippen LogP contribution in [-0.2, 0) is 0 Å². The van der Waals surface area contributed by atoms with E-state index in [1.54, 1.807) is 0 Å². The number of nitrogens with one attached hydrogen (secondary N) is 1. The van der Waals surface area contributed by atoms with Crippen molar-refractivity contribution in [3.05, 3.63) is 15.7 Å². The van der Waals surface area contributed by atoms with Crippen LogP contribution < -0.4 is 5.32 Å². The maximum atomic E-state index is 8.23. The van der Waals surface area contributed by atoms with Crippen molar-refractivity contribution in [2.75, 3.05) is 5.32 Å². The van der Waals surface area contributed by atoms with Gasteiger partial charge in [-0.25, -0.2) is 0 Å². The highest BCUT2D eigenvalue weighted by Crippen LogP contribution is 2.15. The van der Waals surface area contributed by atoms with E-state index < -0.39 is 0 Å². The molecule has 1 heterocycles. The Morgan fingerprint density at radius 3 is 2.53 bits per heavy atom. The van der Waals surface area contributed by atoms with Crippen molar-refractivity contribution < 1.29 is 0 Å². The van der Waals surface area contributed by atoms with Crippen LogP contribution in [-0.4, -0.2) is 20.5 Å². The summed E-state index contributed by atoms with van der Waals surface area (Å²) in [4.78, 5) is 13.9. The molecule has 15 heavy (non-hydrogen) atoms. The first-order chi connectivity index (χ1) is 6.90. The molecule has 7 nitrogen and oxygen atoms in total. The molecule has 8 heteroatoms. The van der Waals surface area contributed by atoms with Gasteiger partial charge in [-0.2, -0.15) is 15.0 Å². The average molecular weight is 228 g/mol. The highest BCUT2D eigenvalue weighted by Gasteiger charge is 2.12. The molecule has 0 saturated carbocycles. The minimum Gasteiger partial charge on any atom is -0.349 e. The van der Waals surface area contributed by atoms with Gasteiger partial charge in [0.05, 0.1) is 0 Å². The van der Waals surface area contributed by atoms with Crippen molar-refractivity contribution >= 4 is 23.5 Å². The fourth-order valence-corrected chi connectivity index (χ4v) is 0.971. The Balaban J connectivity index is 3.04. The zero-order valence-corrected chi connectivity index (χ0v) is 9.32. The zero-order chi connectivity index (χ0) is 11.5. The van der Waals surface area contributed by atoms with Crippen molar-refractivity contribution in [3.8, 4) is 0 Å². The molecule has 0 aliphatic carbocycles. The molecule has 0 fully saturated rings. The number of rotatable bonds is 2. The van der Waals surface area contributed by atoms with E-state index in [4.69, 9.17) is 17.1 Å². The summed E-state index contributed by atoms with van der Waals surface area (Å²) in [5, 5.41) is 6.23. The summed E-state index contributed by atoms with van der Waals surface area (Å²) in [6.07, 6.45) is 0. The number of hydrogen-bond acceptors (Lipinski definition) is 5. The standard InChI is InChI=1S/C7H10ClN7/c1-7(2,3)13-5-10-4(8)11-6(12-5)14-15-9/h1-3H3,(H,10,11,12,13). The van der Waals surface area contributed by atoms with Gasteiger partial charge in [0.25, 0.3) is 0 Å². The van der Waals surface area contributed by atoms with Crippen molar-refractivity contribution in [2.45, 2.75) is 26.3 Å². The van der Waals surface area contributed by atoms with E-state index in [9.17, 15) is 0 Å². The van der Waals surface area contributed by atoms with Crippen LogP contribution in [0.1, 0.15) is 20.8 Å². The third-order valence-corrected chi connectivity index (χ3v) is 1.39. The Labute approximate surface area is 91.5 Å². The molecule has 1 aromatic heterocycles. The predicted octanol–water partition coefficient (Wildman–Crippen LogP) is 2.68. The van der Waals surface area contributed by atoms with Gasteiger partial charge in [-0.1, -0.05) is 0 Å². The van der Waals surface area contributed by atoms with E-state index in [2.05, 4.69) is 30.3 Å². The smallest absolute Gasteiger partial charge is 0.227 e. The minimum atomic E-state index is -0.210. The number of hydrogen-bond donors (Lipinski definition) is 1. The van der Waals surface area contributed by atoms with Crippen LogP contribution in [0.3, 0.4) is 0 Å². The van der Waals surface area contributed by atoms with Gasteiger partial charge in [-0.15, -0.1) is 0 Å². The third kappa shape index (κ3) is 3.97. The predicted molar refractivity (Wildman–Crippen MR) is 57.0 cm³/mol. The molecule has 0 bridgehead atoms. The molecule has 0 radical (unpaired) electrons. The second-order valence-electron chi connectivity index (χ2n) is 3.79. The first kappa shape index (κ1) is 11.5. The number of halogens is 1. The first-order valence-corrected chi connectivity index (χ1v) is 4.53. The Morgan fingerprint density at radius 1 is 1.33 bits per heavy atom. The molecular formula is C7H10ClN7. The monoisotopic (exact) mass is 227 g/mol. The summed E-state index contributed by atoms with van der Waals surface area (Å²) in [7, 11) is 0. The fourth-order valence-electron chi connectivity index (χ4n) is 0.816. The van der Waals surface area contributed by atoms with Crippen LogP contribution in [0.4, 0.5) is 11.9 Å². The van der Waals surface area contributed by atoms with E-state index in [1.165, 1.54) is 0 Å². The van der Waals surface area contributed by atoms with Crippen LogP contribution in [0.25, 0.3) is 10.4 Å². The summed E-state index contributed by atoms with van der Waals surface area (Å²) in [5.41, 5.74) is 8.02. The highest BCUT2D eigenvalue weighted by molar-refractivity contribution is 6.28. The van der Waals surface area contributed by atoms with Crippen molar-refractivity contribution in [1.82, 2.24) is 15.0 Å². The van der Waals surface area contributed by atoms with Crippen molar-refractivity contribution in [1.29, 1.82) is 0 Å². The molecule has 1 rings (SSSR count). The number of nitrogens with zero attached hydrogens (tertiary/aromatic N) is 6. The van der Waals surface area contributed by atoms with Crippen LogP contribution in [0.15, 0.2) is 5.11 Å². The molecule has 0 spiro atoms. The summed E-state index contributed by atoms with van der Waals surface area (Å²) >= 11 is 5.63. The van der Waals surface area contributed by atoms with Gasteiger partial charge in [-0.05, 0) is 43.0 Å². The first-order valence-electron chi connectivity index (χ1n) is 4.15. The van der Waals surface area contributed by atoms with E-state index in [0.717, 1.165) is 0 Å². The summed E-state index contributed by atoms with van der Waals surface area (Å²) in [6.45, 7) is 5.83. The SMILES string of the molecule is CC(C)(C)Nc1nc(Cl)nc(N=[N+]=[N-])n1. The van der Waals surface area contributed by atoms with Gasteiger partial charge in [0, 0.05) is 10.5 Å². The van der Waals surface area contributed by atoms with Crippen LogP contribution in [0.5, 0.6) is 0 Å². The van der Waals surface area contributed by atoms with E-state index in [1.807, 2.05) is 20.8 Å². The van der Waals surface area contributed by atoms with E-state index in [-0.39, 0.29) is 22.7 Å². The van der Waals surface area contributed by atoms with Gasteiger partial charge >= 0.3 is 0 Å². The molecule has 0 aliphatic heterocycles. The van der Waals surface area contributed by atoms with Gasteiger partial charge in [0.2, 0.25) is 17.2 Å². The number of aromatic nitrogens is 3. The second kappa shape index (κ2) is 4.29. The maximum absolute atomic E-state index is 8.23. The molecular weight excluding hydrogens is 218 g/mol. The third-order valence-electron chi connectivity index (χ3n) is 1.22. The fraction of sp³-hybridized carbons (Fsp3) is 0.571. The zero-order valence-electron chi connectivity index (χ0n) is 8.56. The van der Waals surface area contributed by atoms with Gasteiger partial charge in [-0.3, -0.25) is 0 Å². The lowest BCUT2D eigenvalue weighted by atomic mass is 10.1. The van der Waals surface area contributed by atoms with Crippen LogP contribution in [0.2, 0.25) is 5.28 Å². The normalized spacial score (nSPS) is 10.7. The van der Waals surface area contributed by atoms with Crippen molar-refractivity contribution in [3.63, 3.8) is 0 Å². The largest absolute Gasteiger partial charge is 0.349 e. The van der Waals surface area contributed by atoms with E-state index in [0.29, 0.717) is 0 Å². The Kier molecular flexibility index (Phi) is 3.28. The summed E-state index contributed by atoms with van der Waals surface area (Å²) in [5.74, 6) is 0.231. The lowest BCUT2D eigenvalue weighted by molar-refractivity contribution is 0.625. The lowest BCUT2D eigenvalue weighted by Crippen LogP contribution is -2.27. The quantitative estimate of drug-likeness (QED) is 0.477. The molecule has 0 saturated heterocycles. The maximum Gasteiger partial charge on any atom is 0.227 e. The molecule has 0 unspecified atom stereocenters. The van der Waals surface area contributed by atoms with Crippen LogP contribution >= 0.6 is 11.6 Å². The molecule has 0 aliphatic rings. The topological polar surface area (TPSA) is 99.5 Å². The highest BCUT2D eigenvalue weighted by atomic mass is 35.5. The second-order valence-corrected chi connectivity index (χ2v) is 4.13. The minimum absolute atomic E-state index is 0.0147. The van der Waals surface area contributed by atoms with Gasteiger partial charge in [0.15, 0.2) is 0 Å². The Morgan fingerprint density at radius 2 is 2.00 bits per heavy atom. The molecule has 0 aromatic carbocycles. The molecule has 0 amide bonds. The van der Waals surface area contributed by atoms with Crippen molar-refractivity contribution in [2.24, 2.45) is 5.11 Å². The summed E-state index contributed by atoms with van der Waals surface area (Å²) in [6, 6.07) is 0. The average Bonchev–Trinajstić information content (AvgIpc) is 1.99. The number of anilines is 1. The van der Waals surface area contributed by atoms with Gasteiger partial charge in [0.1, 0.15) is 0 Å². The van der Waals surface area contributed by atoms with E-state index >= 15 is 0 Å². The molecule has 80 valence electrons. The molecule has 1 N–H and O–H groups in total. The summed E-state index contributed by atoms with van der Waals surface area (Å²) < 4.78 is 0. The molecule has 1 aromatic rings.